The molecule has 0 fully saturated rings. The number of unbranched alkanes of at least 4 members (excludes halogenated alkanes) is 8. The van der Waals surface area contributed by atoms with E-state index in [1.165, 1.54) is 44.9 Å². The van der Waals surface area contributed by atoms with Gasteiger partial charge in [0.15, 0.2) is 5.78 Å². The molecule has 0 aliphatic heterocycles. The van der Waals surface area contributed by atoms with E-state index in [1.54, 1.807) is 0 Å². The predicted molar refractivity (Wildman–Crippen MR) is 113 cm³/mol. The third kappa shape index (κ3) is 7.30. The van der Waals surface area contributed by atoms with Gasteiger partial charge in [-0.05, 0) is 12.0 Å². The highest BCUT2D eigenvalue weighted by atomic mass is 16.3. The first-order valence-electron chi connectivity index (χ1n) is 10.6. The first kappa shape index (κ1) is 21.4. The van der Waals surface area contributed by atoms with Crippen LogP contribution in [0.5, 0.6) is 0 Å². The molecule has 2 rings (SSSR count). The van der Waals surface area contributed by atoms with Gasteiger partial charge >= 0.3 is 0 Å². The molecule has 0 amide bonds. The van der Waals surface area contributed by atoms with Crippen molar-refractivity contribution >= 4 is 5.78 Å². The molecule has 146 valence electrons. The van der Waals surface area contributed by atoms with Crippen LogP contribution in [0.15, 0.2) is 54.6 Å². The van der Waals surface area contributed by atoms with Crippen molar-refractivity contribution in [2.75, 3.05) is 0 Å². The average molecular weight is 367 g/mol. The summed E-state index contributed by atoms with van der Waals surface area (Å²) in [6.07, 6.45) is 11.5. The minimum absolute atomic E-state index is 0.0164. The first-order valence-corrected chi connectivity index (χ1v) is 10.6. The van der Waals surface area contributed by atoms with Gasteiger partial charge in [-0.3, -0.25) is 4.79 Å². The summed E-state index contributed by atoms with van der Waals surface area (Å²) >= 11 is 0. The van der Waals surface area contributed by atoms with E-state index in [9.17, 15) is 9.90 Å². The molecule has 0 radical (unpaired) electrons. The van der Waals surface area contributed by atoms with Crippen LogP contribution in [0.1, 0.15) is 98.7 Å². The Morgan fingerprint density at radius 3 is 2.00 bits per heavy atom. The van der Waals surface area contributed by atoms with Gasteiger partial charge in [-0.2, -0.15) is 0 Å². The largest absolute Gasteiger partial charge is 0.388 e. The Morgan fingerprint density at radius 2 is 1.33 bits per heavy atom. The molecule has 2 nitrogen and oxygen atoms in total. The Bertz CT molecular complexity index is 663. The zero-order valence-corrected chi connectivity index (χ0v) is 16.7. The quantitative estimate of drug-likeness (QED) is 0.310. The number of rotatable bonds is 13. The number of hydrogen-bond donors (Lipinski definition) is 1. The second-order valence-corrected chi connectivity index (χ2v) is 7.42. The summed E-state index contributed by atoms with van der Waals surface area (Å²) in [7, 11) is 0. The molecule has 0 aromatic heterocycles. The minimum Gasteiger partial charge on any atom is -0.388 e. The van der Waals surface area contributed by atoms with Crippen LogP contribution >= 0.6 is 0 Å². The van der Waals surface area contributed by atoms with E-state index in [-0.39, 0.29) is 5.78 Å². The van der Waals surface area contributed by atoms with Crippen molar-refractivity contribution in [1.29, 1.82) is 0 Å². The van der Waals surface area contributed by atoms with Crippen LogP contribution in [0.2, 0.25) is 0 Å². The SMILES string of the molecule is CCCCCCCCCCCC(O)c1ccccc1C(=O)c1ccccc1. The molecule has 0 saturated heterocycles. The second kappa shape index (κ2) is 12.5. The zero-order chi connectivity index (χ0) is 19.3. The van der Waals surface area contributed by atoms with Crippen LogP contribution in [0.25, 0.3) is 0 Å². The predicted octanol–water partition coefficient (Wildman–Crippen LogP) is 6.87. The number of benzene rings is 2. The summed E-state index contributed by atoms with van der Waals surface area (Å²) in [6.45, 7) is 2.25. The molecular formula is C25H34O2. The van der Waals surface area contributed by atoms with Gasteiger partial charge in [0.25, 0.3) is 0 Å². The summed E-state index contributed by atoms with van der Waals surface area (Å²) in [4.78, 5) is 12.8. The summed E-state index contributed by atoms with van der Waals surface area (Å²) in [6, 6.07) is 16.8. The standard InChI is InChI=1S/C25H34O2/c1-2-3-4-5-6-7-8-9-13-20-24(26)22-18-14-15-19-23(22)25(27)21-16-11-10-12-17-21/h10-12,14-19,24,26H,2-9,13,20H2,1H3. The topological polar surface area (TPSA) is 37.3 Å². The van der Waals surface area contributed by atoms with Crippen molar-refractivity contribution < 1.29 is 9.90 Å². The number of hydrogen-bond acceptors (Lipinski definition) is 2. The van der Waals surface area contributed by atoms with Crippen LogP contribution in [-0.4, -0.2) is 10.9 Å². The summed E-state index contributed by atoms with van der Waals surface area (Å²) in [5.41, 5.74) is 2.04. The van der Waals surface area contributed by atoms with Gasteiger partial charge in [0.05, 0.1) is 6.10 Å². The van der Waals surface area contributed by atoms with E-state index in [1.807, 2.05) is 54.6 Å². The fourth-order valence-electron chi connectivity index (χ4n) is 3.54. The molecule has 0 heterocycles. The highest BCUT2D eigenvalue weighted by Gasteiger charge is 2.17. The van der Waals surface area contributed by atoms with E-state index < -0.39 is 6.10 Å². The number of carbonyl (C=O) groups excluding carboxylic acids is 1. The van der Waals surface area contributed by atoms with Crippen molar-refractivity contribution in [2.24, 2.45) is 0 Å². The van der Waals surface area contributed by atoms with Gasteiger partial charge in [0, 0.05) is 11.1 Å². The Morgan fingerprint density at radius 1 is 0.778 bits per heavy atom. The average Bonchev–Trinajstić information content (AvgIpc) is 2.72. The lowest BCUT2D eigenvalue weighted by atomic mass is 9.93. The molecule has 27 heavy (non-hydrogen) atoms. The van der Waals surface area contributed by atoms with Crippen LogP contribution in [0.4, 0.5) is 0 Å². The Kier molecular flexibility index (Phi) is 9.86. The smallest absolute Gasteiger partial charge is 0.193 e. The normalized spacial score (nSPS) is 12.1. The van der Waals surface area contributed by atoms with Crippen LogP contribution in [-0.2, 0) is 0 Å². The Balaban J connectivity index is 1.80. The van der Waals surface area contributed by atoms with Gasteiger partial charge in [-0.25, -0.2) is 0 Å². The highest BCUT2D eigenvalue weighted by molar-refractivity contribution is 6.09. The number of aliphatic hydroxyl groups is 1. The van der Waals surface area contributed by atoms with Crippen LogP contribution in [0.3, 0.4) is 0 Å². The van der Waals surface area contributed by atoms with Crippen LogP contribution < -0.4 is 0 Å². The Labute approximate surface area is 164 Å². The molecule has 2 heteroatoms. The van der Waals surface area contributed by atoms with Crippen molar-refractivity contribution in [1.82, 2.24) is 0 Å². The lowest BCUT2D eigenvalue weighted by Gasteiger charge is -2.15. The number of ketones is 1. The second-order valence-electron chi connectivity index (χ2n) is 7.42. The summed E-state index contributed by atoms with van der Waals surface area (Å²) in [5, 5.41) is 10.6. The highest BCUT2D eigenvalue weighted by Crippen LogP contribution is 2.25. The van der Waals surface area contributed by atoms with E-state index in [4.69, 9.17) is 0 Å². The van der Waals surface area contributed by atoms with Crippen molar-refractivity contribution in [2.45, 2.75) is 77.2 Å². The fraction of sp³-hybridized carbons (Fsp3) is 0.480. The maximum absolute atomic E-state index is 12.8. The van der Waals surface area contributed by atoms with E-state index in [0.29, 0.717) is 11.1 Å². The molecule has 0 bridgehead atoms. The first-order chi connectivity index (χ1) is 13.2. The van der Waals surface area contributed by atoms with Crippen LogP contribution in [0, 0.1) is 0 Å². The molecule has 0 aliphatic rings. The lowest BCUT2D eigenvalue weighted by Crippen LogP contribution is -2.09. The summed E-state index contributed by atoms with van der Waals surface area (Å²) in [5.74, 6) is -0.0164. The Hall–Kier alpha value is -1.93. The van der Waals surface area contributed by atoms with E-state index in [0.717, 1.165) is 24.8 Å². The van der Waals surface area contributed by atoms with E-state index in [2.05, 4.69) is 6.92 Å². The molecule has 2 aromatic rings. The monoisotopic (exact) mass is 366 g/mol. The van der Waals surface area contributed by atoms with Gasteiger partial charge in [0.2, 0.25) is 0 Å². The van der Waals surface area contributed by atoms with Gasteiger partial charge in [-0.15, -0.1) is 0 Å². The van der Waals surface area contributed by atoms with Gasteiger partial charge < -0.3 is 5.11 Å². The molecule has 1 unspecified atom stereocenters. The molecule has 0 saturated carbocycles. The van der Waals surface area contributed by atoms with Crippen molar-refractivity contribution in [3.63, 3.8) is 0 Å². The molecule has 0 spiro atoms. The molecule has 2 aromatic carbocycles. The molecular weight excluding hydrogens is 332 g/mol. The molecule has 1 N–H and O–H groups in total. The minimum atomic E-state index is -0.571. The number of carbonyl (C=O) groups is 1. The van der Waals surface area contributed by atoms with E-state index >= 15 is 0 Å². The summed E-state index contributed by atoms with van der Waals surface area (Å²) < 4.78 is 0. The third-order valence-corrected chi connectivity index (χ3v) is 5.18. The fourth-order valence-corrected chi connectivity index (χ4v) is 3.54. The maximum Gasteiger partial charge on any atom is 0.193 e. The molecule has 1 atom stereocenters. The zero-order valence-electron chi connectivity index (χ0n) is 16.7. The molecule has 0 aliphatic carbocycles. The van der Waals surface area contributed by atoms with Gasteiger partial charge in [-0.1, -0.05) is 119 Å². The van der Waals surface area contributed by atoms with Crippen molar-refractivity contribution in [3.05, 3.63) is 71.3 Å². The maximum atomic E-state index is 12.8. The van der Waals surface area contributed by atoms with Crippen molar-refractivity contribution in [3.8, 4) is 0 Å². The lowest BCUT2D eigenvalue weighted by molar-refractivity contribution is 0.102. The third-order valence-electron chi connectivity index (χ3n) is 5.18. The number of aliphatic hydroxyl groups excluding tert-OH is 1. The van der Waals surface area contributed by atoms with Gasteiger partial charge in [0.1, 0.15) is 0 Å².